The van der Waals surface area contributed by atoms with Crippen LogP contribution in [0.5, 0.6) is 0 Å². The van der Waals surface area contributed by atoms with E-state index in [4.69, 9.17) is 4.74 Å². The zero-order valence-corrected chi connectivity index (χ0v) is 18.4. The van der Waals surface area contributed by atoms with Crippen LogP contribution in [0, 0.1) is 0 Å². The molecular weight excluding hydrogens is 388 g/mol. The molecule has 2 aromatic rings. The molecule has 0 unspecified atom stereocenters. The second-order valence-corrected chi connectivity index (χ2v) is 8.91. The van der Waals surface area contributed by atoms with Gasteiger partial charge in [-0.3, -0.25) is 14.6 Å². The lowest BCUT2D eigenvalue weighted by atomic mass is 9.99. The van der Waals surface area contributed by atoms with Gasteiger partial charge in [0.05, 0.1) is 5.57 Å². The lowest BCUT2D eigenvalue weighted by Crippen LogP contribution is -2.47. The molecule has 162 valence electrons. The highest BCUT2D eigenvalue weighted by Gasteiger charge is 2.32. The quantitative estimate of drug-likeness (QED) is 0.757. The van der Waals surface area contributed by atoms with Crippen LogP contribution in [0.25, 0.3) is 11.3 Å². The molecule has 0 atom stereocenters. The largest absolute Gasteiger partial charge is 0.487 e. The Morgan fingerprint density at radius 3 is 2.58 bits per heavy atom. The highest BCUT2D eigenvalue weighted by molar-refractivity contribution is 6.36. The van der Waals surface area contributed by atoms with E-state index in [1.165, 1.54) is 11.1 Å². The summed E-state index contributed by atoms with van der Waals surface area (Å²) >= 11 is 0. The molecule has 6 nitrogen and oxygen atoms in total. The fourth-order valence-corrected chi connectivity index (χ4v) is 4.63. The molecule has 0 bridgehead atoms. The maximum Gasteiger partial charge on any atom is 0.260 e. The van der Waals surface area contributed by atoms with Crippen LogP contribution in [-0.2, 0) is 22.7 Å². The summed E-state index contributed by atoms with van der Waals surface area (Å²) in [6, 6.07) is 14.4. The van der Waals surface area contributed by atoms with Crippen LogP contribution in [0.2, 0.25) is 0 Å². The summed E-state index contributed by atoms with van der Waals surface area (Å²) in [6.07, 6.45) is 0. The zero-order chi connectivity index (χ0) is 21.4. The highest BCUT2D eigenvalue weighted by atomic mass is 16.5. The van der Waals surface area contributed by atoms with Gasteiger partial charge in [0, 0.05) is 68.2 Å². The van der Waals surface area contributed by atoms with E-state index < -0.39 is 0 Å². The van der Waals surface area contributed by atoms with Gasteiger partial charge >= 0.3 is 0 Å². The van der Waals surface area contributed by atoms with Gasteiger partial charge in [-0.15, -0.1) is 0 Å². The number of carbonyl (C=O) groups is 1. The summed E-state index contributed by atoms with van der Waals surface area (Å²) < 4.78 is 6.03. The molecule has 1 N–H and O–H groups in total. The number of para-hydroxylation sites is 1. The van der Waals surface area contributed by atoms with E-state index >= 15 is 0 Å². The normalized spacial score (nSPS) is 21.2. The highest BCUT2D eigenvalue weighted by Crippen LogP contribution is 2.41. The van der Waals surface area contributed by atoms with Gasteiger partial charge < -0.3 is 15.0 Å². The Kier molecular flexibility index (Phi) is 5.52. The molecule has 0 radical (unpaired) electrons. The third-order valence-electron chi connectivity index (χ3n) is 6.42. The molecule has 1 fully saturated rings. The number of fused-ring (bicyclic) bond motifs is 2. The molecule has 0 aliphatic carbocycles. The second-order valence-electron chi connectivity index (χ2n) is 8.91. The maximum absolute atomic E-state index is 12.6. The first-order chi connectivity index (χ1) is 15.1. The minimum absolute atomic E-state index is 0.0831. The van der Waals surface area contributed by atoms with Crippen molar-refractivity contribution in [1.82, 2.24) is 14.7 Å². The van der Waals surface area contributed by atoms with Crippen LogP contribution in [0.1, 0.15) is 22.3 Å². The Labute approximate surface area is 184 Å². The number of piperazine rings is 1. The molecule has 31 heavy (non-hydrogen) atoms. The van der Waals surface area contributed by atoms with Gasteiger partial charge in [0.25, 0.3) is 5.91 Å². The summed E-state index contributed by atoms with van der Waals surface area (Å²) in [6.45, 7) is 8.22. The van der Waals surface area contributed by atoms with E-state index in [2.05, 4.69) is 52.3 Å². The van der Waals surface area contributed by atoms with Gasteiger partial charge in [-0.1, -0.05) is 36.4 Å². The van der Waals surface area contributed by atoms with Gasteiger partial charge in [-0.05, 0) is 25.7 Å². The molecule has 5 rings (SSSR count). The van der Waals surface area contributed by atoms with Crippen molar-refractivity contribution in [3.63, 3.8) is 0 Å². The summed E-state index contributed by atoms with van der Waals surface area (Å²) in [7, 11) is 4.26. The van der Waals surface area contributed by atoms with Crippen LogP contribution in [0.4, 0.5) is 5.69 Å². The molecule has 0 spiro atoms. The molecule has 0 saturated carbocycles. The predicted octanol–water partition coefficient (Wildman–Crippen LogP) is 2.72. The van der Waals surface area contributed by atoms with Crippen molar-refractivity contribution in [2.24, 2.45) is 0 Å². The Morgan fingerprint density at radius 2 is 1.77 bits per heavy atom. The van der Waals surface area contributed by atoms with E-state index in [1.807, 2.05) is 24.3 Å². The average molecular weight is 419 g/mol. The third-order valence-corrected chi connectivity index (χ3v) is 6.42. The van der Waals surface area contributed by atoms with E-state index in [0.29, 0.717) is 17.9 Å². The molecule has 0 aromatic heterocycles. The Morgan fingerprint density at radius 1 is 1.00 bits per heavy atom. The summed E-state index contributed by atoms with van der Waals surface area (Å²) in [4.78, 5) is 19.9. The first kappa shape index (κ1) is 20.2. The SMILES string of the molecule is CN(C)CCN1CCN(Cc2ccc3c(c2)CO/C3=C2/C(=O)Nc3ccccc32)CC1. The molecule has 6 heteroatoms. The molecule has 2 aromatic carbocycles. The van der Waals surface area contributed by atoms with Gasteiger partial charge in [0.1, 0.15) is 12.4 Å². The third kappa shape index (κ3) is 4.11. The molecule has 1 amide bonds. The lowest BCUT2D eigenvalue weighted by Gasteiger charge is -2.35. The van der Waals surface area contributed by atoms with Crippen molar-refractivity contribution >= 4 is 22.9 Å². The van der Waals surface area contributed by atoms with Crippen LogP contribution >= 0.6 is 0 Å². The van der Waals surface area contributed by atoms with E-state index in [-0.39, 0.29) is 5.91 Å². The predicted molar refractivity (Wildman–Crippen MR) is 123 cm³/mol. The van der Waals surface area contributed by atoms with Gasteiger partial charge in [-0.25, -0.2) is 0 Å². The zero-order valence-electron chi connectivity index (χ0n) is 18.4. The van der Waals surface area contributed by atoms with Crippen molar-refractivity contribution in [3.05, 3.63) is 64.7 Å². The first-order valence-corrected chi connectivity index (χ1v) is 11.1. The van der Waals surface area contributed by atoms with Gasteiger partial charge in [0.15, 0.2) is 0 Å². The fraction of sp³-hybridized carbons (Fsp3) is 0.400. The van der Waals surface area contributed by atoms with E-state index in [0.717, 1.165) is 62.6 Å². The number of nitrogens with one attached hydrogen (secondary N) is 1. The smallest absolute Gasteiger partial charge is 0.260 e. The average Bonchev–Trinajstić information content (AvgIpc) is 3.32. The Hall–Kier alpha value is -2.67. The van der Waals surface area contributed by atoms with Crippen LogP contribution < -0.4 is 5.32 Å². The molecule has 1 saturated heterocycles. The second kappa shape index (κ2) is 8.46. The van der Waals surface area contributed by atoms with E-state index in [9.17, 15) is 4.79 Å². The lowest BCUT2D eigenvalue weighted by molar-refractivity contribution is -0.110. The van der Waals surface area contributed by atoms with Gasteiger partial charge in [0.2, 0.25) is 0 Å². The number of nitrogens with zero attached hydrogens (tertiary/aromatic N) is 3. The molecule has 3 aliphatic heterocycles. The van der Waals surface area contributed by atoms with Crippen LogP contribution in [-0.4, -0.2) is 74.0 Å². The number of carbonyl (C=O) groups excluding carboxylic acids is 1. The fourth-order valence-electron chi connectivity index (χ4n) is 4.63. The number of likely N-dealkylation sites (N-methyl/N-ethyl adjacent to an activating group) is 1. The molecule has 3 heterocycles. The topological polar surface area (TPSA) is 48.1 Å². The number of rotatable bonds is 5. The number of anilines is 1. The molecule has 3 aliphatic rings. The number of benzene rings is 2. The summed E-state index contributed by atoms with van der Waals surface area (Å²) in [5, 5.41) is 2.95. The Balaban J connectivity index is 1.28. The first-order valence-electron chi connectivity index (χ1n) is 11.1. The monoisotopic (exact) mass is 418 g/mol. The van der Waals surface area contributed by atoms with Crippen molar-refractivity contribution in [3.8, 4) is 0 Å². The van der Waals surface area contributed by atoms with Crippen molar-refractivity contribution < 1.29 is 9.53 Å². The maximum atomic E-state index is 12.6. The van der Waals surface area contributed by atoms with Crippen molar-refractivity contribution in [1.29, 1.82) is 0 Å². The standard InChI is InChI=1S/C25H30N4O2/c1-27(2)9-10-28-11-13-29(14-12-28)16-18-7-8-20-19(15-18)17-31-24(20)23-21-5-3-4-6-22(21)26-25(23)30/h3-8,15H,9-14,16-17H2,1-2H3,(H,26,30)/b24-23+. The minimum Gasteiger partial charge on any atom is -0.487 e. The van der Waals surface area contributed by atoms with Crippen LogP contribution in [0.3, 0.4) is 0 Å². The Bertz CT molecular complexity index is 1020. The van der Waals surface area contributed by atoms with Crippen molar-refractivity contribution in [2.75, 3.05) is 58.7 Å². The van der Waals surface area contributed by atoms with Crippen LogP contribution in [0.15, 0.2) is 42.5 Å². The minimum atomic E-state index is -0.0831. The number of hydrogen-bond acceptors (Lipinski definition) is 5. The number of ether oxygens (including phenoxy) is 1. The molecular formula is C25H30N4O2. The number of amides is 1. The summed E-state index contributed by atoms with van der Waals surface area (Å²) in [5.41, 5.74) is 5.95. The van der Waals surface area contributed by atoms with Crippen molar-refractivity contribution in [2.45, 2.75) is 13.2 Å². The van der Waals surface area contributed by atoms with Gasteiger partial charge in [-0.2, -0.15) is 0 Å². The summed E-state index contributed by atoms with van der Waals surface area (Å²) in [5.74, 6) is 0.624. The number of hydrogen-bond donors (Lipinski definition) is 1. The van der Waals surface area contributed by atoms with E-state index in [1.54, 1.807) is 0 Å².